The van der Waals surface area contributed by atoms with Crippen LogP contribution in [0.1, 0.15) is 11.1 Å². The minimum atomic E-state index is -4.58. The lowest BCUT2D eigenvalue weighted by Gasteiger charge is -2.13. The van der Waals surface area contributed by atoms with E-state index in [4.69, 9.17) is 4.74 Å². The van der Waals surface area contributed by atoms with E-state index in [0.717, 1.165) is 12.1 Å². The van der Waals surface area contributed by atoms with Gasteiger partial charge < -0.3 is 15.4 Å². The monoisotopic (exact) mass is 398 g/mol. The van der Waals surface area contributed by atoms with Gasteiger partial charge in [-0.05, 0) is 29.8 Å². The van der Waals surface area contributed by atoms with Crippen molar-refractivity contribution in [3.63, 3.8) is 0 Å². The number of para-hydroxylation sites is 1. The van der Waals surface area contributed by atoms with Crippen LogP contribution in [0.3, 0.4) is 0 Å². The van der Waals surface area contributed by atoms with E-state index in [2.05, 4.69) is 10.6 Å². The summed E-state index contributed by atoms with van der Waals surface area (Å²) < 4.78 is 56.5. The lowest BCUT2D eigenvalue weighted by atomic mass is 10.1. The van der Waals surface area contributed by atoms with Crippen LogP contribution < -0.4 is 15.4 Å². The molecule has 150 valence electrons. The van der Waals surface area contributed by atoms with Crippen LogP contribution in [0.25, 0.3) is 0 Å². The number of carbonyl (C=O) groups is 2. The Kier molecular flexibility index (Phi) is 7.36. The van der Waals surface area contributed by atoms with Gasteiger partial charge in [0.2, 0.25) is 5.91 Å². The predicted octanol–water partition coefficient (Wildman–Crippen LogP) is 2.70. The Labute approximate surface area is 158 Å². The first kappa shape index (κ1) is 21.2. The second kappa shape index (κ2) is 9.72. The molecule has 0 fully saturated rings. The van der Waals surface area contributed by atoms with Gasteiger partial charge in [-0.25, -0.2) is 4.39 Å². The van der Waals surface area contributed by atoms with Crippen LogP contribution in [0.5, 0.6) is 5.75 Å². The van der Waals surface area contributed by atoms with Crippen LogP contribution >= 0.6 is 0 Å². The molecule has 0 aliphatic rings. The van der Waals surface area contributed by atoms with E-state index in [9.17, 15) is 27.2 Å². The fourth-order valence-electron chi connectivity index (χ4n) is 2.32. The van der Waals surface area contributed by atoms with E-state index in [1.165, 1.54) is 30.3 Å². The Morgan fingerprint density at radius 1 is 0.929 bits per heavy atom. The van der Waals surface area contributed by atoms with Gasteiger partial charge in [0.15, 0.2) is 6.61 Å². The van der Waals surface area contributed by atoms with Crippen molar-refractivity contribution in [2.24, 2.45) is 0 Å². The highest BCUT2D eigenvalue weighted by atomic mass is 19.4. The Hall–Kier alpha value is -3.10. The molecule has 0 aromatic heterocycles. The molecule has 0 heterocycles. The van der Waals surface area contributed by atoms with E-state index in [1.54, 1.807) is 6.07 Å². The summed E-state index contributed by atoms with van der Waals surface area (Å²) in [5.74, 6) is -1.86. The molecule has 9 heteroatoms. The summed E-state index contributed by atoms with van der Waals surface area (Å²) in [5, 5.41) is 4.96. The number of ether oxygens (including phenoxy) is 1. The standard InChI is InChI=1S/C19H18F4N2O3/c20-14-5-3-4-13(10-14)11-17(26)24-8-9-25-18(27)12-28-16-7-2-1-6-15(16)19(21,22)23/h1-7,10H,8-9,11-12H2,(H,24,26)(H,25,27). The van der Waals surface area contributed by atoms with Crippen LogP contribution in [0.2, 0.25) is 0 Å². The van der Waals surface area contributed by atoms with Crippen molar-refractivity contribution in [3.8, 4) is 5.75 Å². The smallest absolute Gasteiger partial charge is 0.419 e. The zero-order valence-electron chi connectivity index (χ0n) is 14.7. The largest absolute Gasteiger partial charge is 0.483 e. The Bertz CT molecular complexity index is 825. The van der Waals surface area contributed by atoms with E-state index in [-0.39, 0.29) is 25.4 Å². The fourth-order valence-corrected chi connectivity index (χ4v) is 2.32. The van der Waals surface area contributed by atoms with Gasteiger partial charge >= 0.3 is 6.18 Å². The van der Waals surface area contributed by atoms with Gasteiger partial charge in [-0.15, -0.1) is 0 Å². The first-order valence-electron chi connectivity index (χ1n) is 8.32. The molecule has 0 spiro atoms. The minimum absolute atomic E-state index is 0.0109. The topological polar surface area (TPSA) is 67.4 Å². The summed E-state index contributed by atoms with van der Waals surface area (Å²) in [6.45, 7) is -0.415. The van der Waals surface area contributed by atoms with E-state index in [0.29, 0.717) is 5.56 Å². The van der Waals surface area contributed by atoms with Gasteiger partial charge in [0.1, 0.15) is 11.6 Å². The molecule has 0 saturated carbocycles. The van der Waals surface area contributed by atoms with Gasteiger partial charge in [0.05, 0.1) is 12.0 Å². The van der Waals surface area contributed by atoms with Gasteiger partial charge in [-0.1, -0.05) is 24.3 Å². The van der Waals surface area contributed by atoms with Gasteiger partial charge in [0.25, 0.3) is 5.91 Å². The molecule has 0 bridgehead atoms. The second-order valence-electron chi connectivity index (χ2n) is 5.79. The SMILES string of the molecule is O=C(COc1ccccc1C(F)(F)F)NCCNC(=O)Cc1cccc(F)c1. The lowest BCUT2D eigenvalue weighted by Crippen LogP contribution is -2.37. The quantitative estimate of drug-likeness (QED) is 0.531. The van der Waals surface area contributed by atoms with Crippen LogP contribution in [0.15, 0.2) is 48.5 Å². The van der Waals surface area contributed by atoms with E-state index >= 15 is 0 Å². The Balaban J connectivity index is 1.69. The highest BCUT2D eigenvalue weighted by Gasteiger charge is 2.34. The summed E-state index contributed by atoms with van der Waals surface area (Å²) in [7, 11) is 0. The molecular weight excluding hydrogens is 380 g/mol. The van der Waals surface area contributed by atoms with Crippen LogP contribution in [0.4, 0.5) is 17.6 Å². The van der Waals surface area contributed by atoms with Gasteiger partial charge in [-0.2, -0.15) is 13.2 Å². The molecule has 2 N–H and O–H groups in total. The molecule has 2 rings (SSSR count). The number of nitrogens with one attached hydrogen (secondary N) is 2. The zero-order chi connectivity index (χ0) is 20.6. The molecule has 0 saturated heterocycles. The molecule has 0 atom stereocenters. The maximum Gasteiger partial charge on any atom is 0.419 e. The summed E-state index contributed by atoms with van der Waals surface area (Å²) in [4.78, 5) is 23.4. The van der Waals surface area contributed by atoms with Crippen molar-refractivity contribution in [1.82, 2.24) is 10.6 Å². The fraction of sp³-hybridized carbons (Fsp3) is 0.263. The third-order valence-electron chi connectivity index (χ3n) is 3.57. The third-order valence-corrected chi connectivity index (χ3v) is 3.57. The number of benzene rings is 2. The molecule has 2 aromatic rings. The maximum absolute atomic E-state index is 13.0. The number of carbonyl (C=O) groups excluding carboxylic acids is 2. The lowest BCUT2D eigenvalue weighted by molar-refractivity contribution is -0.139. The number of hydrogen-bond donors (Lipinski definition) is 2. The number of hydrogen-bond acceptors (Lipinski definition) is 3. The first-order chi connectivity index (χ1) is 13.3. The number of halogens is 4. The average molecular weight is 398 g/mol. The highest BCUT2D eigenvalue weighted by Crippen LogP contribution is 2.35. The molecule has 0 radical (unpaired) electrons. The van der Waals surface area contributed by atoms with Crippen molar-refractivity contribution in [3.05, 3.63) is 65.5 Å². The molecule has 0 aliphatic carbocycles. The van der Waals surface area contributed by atoms with Crippen molar-refractivity contribution >= 4 is 11.8 Å². The summed E-state index contributed by atoms with van der Waals surface area (Å²) in [6, 6.07) is 10.2. The van der Waals surface area contributed by atoms with Crippen molar-refractivity contribution in [1.29, 1.82) is 0 Å². The number of alkyl halides is 3. The predicted molar refractivity (Wildman–Crippen MR) is 93.1 cm³/mol. The van der Waals surface area contributed by atoms with Crippen LogP contribution in [0, 0.1) is 5.82 Å². The second-order valence-corrected chi connectivity index (χ2v) is 5.79. The molecular formula is C19H18F4N2O3. The Morgan fingerprint density at radius 2 is 1.61 bits per heavy atom. The molecule has 5 nitrogen and oxygen atoms in total. The zero-order valence-corrected chi connectivity index (χ0v) is 14.7. The average Bonchev–Trinajstić information content (AvgIpc) is 2.63. The summed E-state index contributed by atoms with van der Waals surface area (Å²) >= 11 is 0. The molecule has 28 heavy (non-hydrogen) atoms. The molecule has 0 unspecified atom stereocenters. The number of rotatable bonds is 8. The summed E-state index contributed by atoms with van der Waals surface area (Å²) in [6.07, 6.45) is -4.60. The van der Waals surface area contributed by atoms with E-state index < -0.39 is 35.8 Å². The van der Waals surface area contributed by atoms with Gasteiger partial charge in [0, 0.05) is 13.1 Å². The van der Waals surface area contributed by atoms with Crippen LogP contribution in [-0.4, -0.2) is 31.5 Å². The Morgan fingerprint density at radius 3 is 2.29 bits per heavy atom. The van der Waals surface area contributed by atoms with Crippen molar-refractivity contribution in [2.45, 2.75) is 12.6 Å². The van der Waals surface area contributed by atoms with Crippen molar-refractivity contribution < 1.29 is 31.9 Å². The first-order valence-corrected chi connectivity index (χ1v) is 8.32. The van der Waals surface area contributed by atoms with Gasteiger partial charge in [-0.3, -0.25) is 9.59 Å². The molecule has 2 aromatic carbocycles. The third kappa shape index (κ3) is 6.90. The molecule has 2 amide bonds. The maximum atomic E-state index is 13.0. The van der Waals surface area contributed by atoms with Crippen molar-refractivity contribution in [2.75, 3.05) is 19.7 Å². The molecule has 0 aliphatic heterocycles. The summed E-state index contributed by atoms with van der Waals surface area (Å²) in [5.41, 5.74) is -0.453. The highest BCUT2D eigenvalue weighted by molar-refractivity contribution is 5.79. The normalized spacial score (nSPS) is 11.0. The number of amides is 2. The minimum Gasteiger partial charge on any atom is -0.483 e. The van der Waals surface area contributed by atoms with E-state index in [1.807, 2.05) is 0 Å². The van der Waals surface area contributed by atoms with Crippen LogP contribution in [-0.2, 0) is 22.2 Å².